The number of amides is 1. The predicted molar refractivity (Wildman–Crippen MR) is 36.6 cm³/mol. The monoisotopic (exact) mass is 157 g/mol. The van der Waals surface area contributed by atoms with Gasteiger partial charge >= 0.3 is 0 Å². The number of hydrogen-bond donors (Lipinski definition) is 1. The van der Waals surface area contributed by atoms with Crippen molar-refractivity contribution in [3.8, 4) is 0 Å². The summed E-state index contributed by atoms with van der Waals surface area (Å²) in [5, 5.41) is 0. The van der Waals surface area contributed by atoms with Crippen molar-refractivity contribution < 1.29 is 14.4 Å². The Morgan fingerprint density at radius 2 is 2.09 bits per heavy atom. The Balaban J connectivity index is 2.03. The Hall–Kier alpha value is -0.610. The minimum Gasteiger partial charge on any atom is -0.381 e. The van der Waals surface area contributed by atoms with E-state index in [2.05, 4.69) is 5.48 Å². The summed E-state index contributed by atoms with van der Waals surface area (Å²) in [5.74, 6) is -0.00750. The van der Waals surface area contributed by atoms with E-state index < -0.39 is 0 Å². The van der Waals surface area contributed by atoms with Gasteiger partial charge in [-0.1, -0.05) is 0 Å². The van der Waals surface area contributed by atoms with Gasteiger partial charge < -0.3 is 4.74 Å². The maximum absolute atomic E-state index is 10.8. The lowest BCUT2D eigenvalue weighted by Crippen LogP contribution is -2.36. The van der Waals surface area contributed by atoms with Crippen LogP contribution in [0.5, 0.6) is 0 Å². The van der Waals surface area contributed by atoms with Crippen molar-refractivity contribution in [3.63, 3.8) is 0 Å². The van der Waals surface area contributed by atoms with E-state index in [0.717, 1.165) is 12.8 Å². The van der Waals surface area contributed by atoms with Crippen LogP contribution in [0.4, 0.5) is 0 Å². The summed E-state index contributed by atoms with van der Waals surface area (Å²) in [6, 6.07) is 0. The zero-order chi connectivity index (χ0) is 7.73. The average Bonchev–Trinajstić information content (AvgIpc) is 2.34. The van der Waals surface area contributed by atoms with E-state index in [1.807, 2.05) is 0 Å². The molecular weight excluding hydrogens is 146 g/mol. The Morgan fingerprint density at radius 3 is 2.64 bits per heavy atom. The molecule has 2 rings (SSSR count). The van der Waals surface area contributed by atoms with Gasteiger partial charge in [-0.15, -0.1) is 0 Å². The van der Waals surface area contributed by atoms with Crippen LogP contribution in [-0.2, 0) is 14.4 Å². The first-order valence-electron chi connectivity index (χ1n) is 3.85. The summed E-state index contributed by atoms with van der Waals surface area (Å²) in [7, 11) is 0. The minimum absolute atomic E-state index is 0.00750. The molecule has 0 radical (unpaired) electrons. The van der Waals surface area contributed by atoms with Crippen molar-refractivity contribution in [3.05, 3.63) is 0 Å². The Morgan fingerprint density at radius 1 is 1.36 bits per heavy atom. The van der Waals surface area contributed by atoms with Crippen molar-refractivity contribution in [2.75, 3.05) is 13.2 Å². The molecule has 4 nitrogen and oxygen atoms in total. The molecule has 1 N–H and O–H groups in total. The molecule has 2 saturated heterocycles. The highest BCUT2D eigenvalue weighted by atomic mass is 16.7. The molecule has 2 fully saturated rings. The normalized spacial score (nSPS) is 28.9. The van der Waals surface area contributed by atoms with E-state index in [1.54, 1.807) is 0 Å². The fraction of sp³-hybridized carbons (Fsp3) is 0.857. The molecule has 1 spiro atoms. The minimum atomic E-state index is -0.241. The van der Waals surface area contributed by atoms with E-state index in [-0.39, 0.29) is 11.5 Å². The lowest BCUT2D eigenvalue weighted by molar-refractivity contribution is -0.131. The highest BCUT2D eigenvalue weighted by Gasteiger charge is 2.41. The second kappa shape index (κ2) is 2.46. The number of carbonyl (C=O) groups is 1. The van der Waals surface area contributed by atoms with Crippen molar-refractivity contribution in [2.45, 2.75) is 24.9 Å². The van der Waals surface area contributed by atoms with Crippen LogP contribution in [0.15, 0.2) is 0 Å². The number of nitrogens with one attached hydrogen (secondary N) is 1. The van der Waals surface area contributed by atoms with Gasteiger partial charge in [0.15, 0.2) is 0 Å². The molecule has 4 heteroatoms. The van der Waals surface area contributed by atoms with E-state index in [4.69, 9.17) is 9.57 Å². The molecule has 0 aliphatic carbocycles. The zero-order valence-corrected chi connectivity index (χ0v) is 6.26. The van der Waals surface area contributed by atoms with Crippen LogP contribution in [0.1, 0.15) is 19.3 Å². The molecule has 0 atom stereocenters. The highest BCUT2D eigenvalue weighted by molar-refractivity contribution is 5.77. The Labute approximate surface area is 64.8 Å². The molecule has 0 bridgehead atoms. The number of hydrogen-bond acceptors (Lipinski definition) is 3. The van der Waals surface area contributed by atoms with Crippen molar-refractivity contribution in [1.82, 2.24) is 5.48 Å². The van der Waals surface area contributed by atoms with Gasteiger partial charge in [0, 0.05) is 26.1 Å². The summed E-state index contributed by atoms with van der Waals surface area (Å²) in [6.07, 6.45) is 2.15. The number of rotatable bonds is 0. The average molecular weight is 157 g/mol. The maximum Gasteiger partial charge on any atom is 0.246 e. The van der Waals surface area contributed by atoms with Crippen LogP contribution in [0, 0.1) is 0 Å². The Kier molecular flexibility index (Phi) is 1.58. The van der Waals surface area contributed by atoms with E-state index in [0.29, 0.717) is 19.6 Å². The van der Waals surface area contributed by atoms with Gasteiger partial charge in [-0.05, 0) is 0 Å². The number of ether oxygens (including phenoxy) is 1. The second-order valence-electron chi connectivity index (χ2n) is 3.10. The van der Waals surface area contributed by atoms with Crippen molar-refractivity contribution in [1.29, 1.82) is 0 Å². The molecule has 0 aromatic rings. The van der Waals surface area contributed by atoms with Gasteiger partial charge in [0.2, 0.25) is 5.91 Å². The van der Waals surface area contributed by atoms with Gasteiger partial charge in [-0.25, -0.2) is 5.48 Å². The van der Waals surface area contributed by atoms with E-state index >= 15 is 0 Å². The molecule has 0 unspecified atom stereocenters. The second-order valence-corrected chi connectivity index (χ2v) is 3.10. The summed E-state index contributed by atoms with van der Waals surface area (Å²) in [4.78, 5) is 16.1. The first-order valence-corrected chi connectivity index (χ1v) is 3.85. The quantitative estimate of drug-likeness (QED) is 0.538. The van der Waals surface area contributed by atoms with Crippen LogP contribution in [0.25, 0.3) is 0 Å². The van der Waals surface area contributed by atoms with Crippen LogP contribution in [0.2, 0.25) is 0 Å². The van der Waals surface area contributed by atoms with Crippen LogP contribution < -0.4 is 5.48 Å². The summed E-state index contributed by atoms with van der Waals surface area (Å²) >= 11 is 0. The molecule has 2 aliphatic heterocycles. The topological polar surface area (TPSA) is 47.6 Å². The molecule has 0 aromatic heterocycles. The summed E-state index contributed by atoms with van der Waals surface area (Å²) in [5.41, 5.74) is 2.14. The molecule has 11 heavy (non-hydrogen) atoms. The Bertz CT molecular complexity index is 175. The molecule has 0 aromatic carbocycles. The smallest absolute Gasteiger partial charge is 0.246 e. The lowest BCUT2D eigenvalue weighted by atomic mass is 9.91. The number of hydroxylamine groups is 1. The fourth-order valence-corrected chi connectivity index (χ4v) is 1.55. The van der Waals surface area contributed by atoms with Gasteiger partial charge in [0.1, 0.15) is 5.60 Å². The summed E-state index contributed by atoms with van der Waals surface area (Å²) in [6.45, 7) is 1.41. The van der Waals surface area contributed by atoms with Crippen LogP contribution in [0.3, 0.4) is 0 Å². The molecule has 62 valence electrons. The van der Waals surface area contributed by atoms with Gasteiger partial charge in [0.05, 0.1) is 6.42 Å². The van der Waals surface area contributed by atoms with Gasteiger partial charge in [0.25, 0.3) is 0 Å². The van der Waals surface area contributed by atoms with E-state index in [9.17, 15) is 4.79 Å². The largest absolute Gasteiger partial charge is 0.381 e. The fourth-order valence-electron chi connectivity index (χ4n) is 1.55. The summed E-state index contributed by atoms with van der Waals surface area (Å²) < 4.78 is 5.17. The van der Waals surface area contributed by atoms with E-state index in [1.165, 1.54) is 0 Å². The molecule has 2 aliphatic rings. The van der Waals surface area contributed by atoms with Crippen LogP contribution in [-0.4, -0.2) is 24.7 Å². The van der Waals surface area contributed by atoms with Crippen molar-refractivity contribution >= 4 is 5.91 Å². The first-order chi connectivity index (χ1) is 5.31. The first kappa shape index (κ1) is 7.06. The van der Waals surface area contributed by atoms with Crippen molar-refractivity contribution in [2.24, 2.45) is 0 Å². The third kappa shape index (κ3) is 1.23. The van der Waals surface area contributed by atoms with Gasteiger partial charge in [-0.3, -0.25) is 9.63 Å². The van der Waals surface area contributed by atoms with Gasteiger partial charge in [-0.2, -0.15) is 0 Å². The zero-order valence-electron chi connectivity index (χ0n) is 6.26. The number of carbonyl (C=O) groups excluding carboxylic acids is 1. The molecule has 2 heterocycles. The highest BCUT2D eigenvalue weighted by Crippen LogP contribution is 2.30. The van der Waals surface area contributed by atoms with Crippen LogP contribution >= 0.6 is 0 Å². The SMILES string of the molecule is O=C1CC2(CCOCC2)ON1. The predicted octanol–water partition coefficient (Wildman–Crippen LogP) is -0.0129. The third-order valence-electron chi connectivity index (χ3n) is 2.27. The lowest BCUT2D eigenvalue weighted by Gasteiger charge is -2.29. The third-order valence-corrected chi connectivity index (χ3v) is 2.27. The molecule has 0 saturated carbocycles. The molecule has 1 amide bonds. The molecular formula is C7H11NO3. The maximum atomic E-state index is 10.8. The standard InChI is InChI=1S/C7H11NO3/c9-6-5-7(11-8-6)1-3-10-4-2-7/h1-5H2,(H,8,9).